The van der Waals surface area contributed by atoms with Crippen LogP contribution in [-0.4, -0.2) is 11.0 Å². The van der Waals surface area contributed by atoms with Crippen molar-refractivity contribution in [2.75, 3.05) is 0 Å². The van der Waals surface area contributed by atoms with E-state index in [2.05, 4.69) is 50.4 Å². The fraction of sp³-hybridized carbons (Fsp3) is 0.471. The first kappa shape index (κ1) is 12.6. The van der Waals surface area contributed by atoms with Crippen LogP contribution in [0.5, 0.6) is 0 Å². The van der Waals surface area contributed by atoms with Crippen LogP contribution in [0.15, 0.2) is 24.3 Å². The van der Waals surface area contributed by atoms with Gasteiger partial charge in [0.15, 0.2) is 0 Å². The average molecular weight is 254 g/mol. The zero-order valence-electron chi connectivity index (χ0n) is 12.0. The molecule has 0 amide bonds. The van der Waals surface area contributed by atoms with Crippen LogP contribution in [0.25, 0.3) is 10.9 Å². The summed E-state index contributed by atoms with van der Waals surface area (Å²) < 4.78 is 0. The normalized spacial score (nSPS) is 15.4. The molecule has 0 saturated heterocycles. The molecular weight excluding hydrogens is 232 g/mol. The third-order valence-electron chi connectivity index (χ3n) is 3.87. The lowest BCUT2D eigenvalue weighted by atomic mass is 9.97. The van der Waals surface area contributed by atoms with E-state index in [1.165, 1.54) is 34.9 Å². The molecule has 1 saturated carbocycles. The number of aryl methyl sites for hydroxylation is 1. The highest BCUT2D eigenvalue weighted by Gasteiger charge is 2.20. The van der Waals surface area contributed by atoms with Gasteiger partial charge in [-0.3, -0.25) is 4.98 Å². The number of pyridine rings is 1. The zero-order chi connectivity index (χ0) is 13.4. The van der Waals surface area contributed by atoms with Crippen molar-refractivity contribution in [1.29, 1.82) is 0 Å². The minimum Gasteiger partial charge on any atom is -0.310 e. The Morgan fingerprint density at radius 3 is 2.79 bits per heavy atom. The van der Waals surface area contributed by atoms with Crippen LogP contribution in [0, 0.1) is 6.92 Å². The lowest BCUT2D eigenvalue weighted by molar-refractivity contribution is 0.690. The van der Waals surface area contributed by atoms with E-state index >= 15 is 0 Å². The number of fused-ring (bicyclic) bond motifs is 1. The number of nitrogens with zero attached hydrogens (tertiary/aromatic N) is 1. The van der Waals surface area contributed by atoms with Crippen LogP contribution in [0.4, 0.5) is 0 Å². The maximum atomic E-state index is 4.77. The molecule has 0 aliphatic heterocycles. The number of benzene rings is 1. The lowest BCUT2D eigenvalue weighted by Crippen LogP contribution is -2.16. The van der Waals surface area contributed by atoms with E-state index in [0.29, 0.717) is 5.92 Å². The molecule has 3 rings (SSSR count). The van der Waals surface area contributed by atoms with Crippen molar-refractivity contribution in [1.82, 2.24) is 10.3 Å². The van der Waals surface area contributed by atoms with Gasteiger partial charge < -0.3 is 5.32 Å². The lowest BCUT2D eigenvalue weighted by Gasteiger charge is -2.13. The van der Waals surface area contributed by atoms with E-state index in [1.54, 1.807) is 0 Å². The highest BCUT2D eigenvalue weighted by molar-refractivity contribution is 5.85. The summed E-state index contributed by atoms with van der Waals surface area (Å²) in [5.41, 5.74) is 5.05. The summed E-state index contributed by atoms with van der Waals surface area (Å²) in [5, 5.41) is 4.92. The van der Waals surface area contributed by atoms with Gasteiger partial charge in [-0.05, 0) is 42.9 Å². The summed E-state index contributed by atoms with van der Waals surface area (Å²) >= 11 is 0. The van der Waals surface area contributed by atoms with Crippen LogP contribution in [0.1, 0.15) is 49.4 Å². The van der Waals surface area contributed by atoms with Crippen molar-refractivity contribution in [3.05, 3.63) is 41.1 Å². The summed E-state index contributed by atoms with van der Waals surface area (Å²) in [6, 6.07) is 9.54. The minimum absolute atomic E-state index is 0.516. The Balaban J connectivity index is 2.07. The first-order valence-corrected chi connectivity index (χ1v) is 7.27. The van der Waals surface area contributed by atoms with Crippen LogP contribution in [-0.2, 0) is 6.54 Å². The van der Waals surface area contributed by atoms with E-state index in [4.69, 9.17) is 4.98 Å². The quantitative estimate of drug-likeness (QED) is 0.894. The molecule has 0 atom stereocenters. The molecule has 1 fully saturated rings. The van der Waals surface area contributed by atoms with Crippen molar-refractivity contribution in [3.63, 3.8) is 0 Å². The smallest absolute Gasteiger partial charge is 0.0742 e. The molecule has 1 aliphatic rings. The fourth-order valence-electron chi connectivity index (χ4n) is 2.64. The third kappa shape index (κ3) is 2.64. The van der Waals surface area contributed by atoms with Gasteiger partial charge in [-0.2, -0.15) is 0 Å². The van der Waals surface area contributed by atoms with Gasteiger partial charge in [0.05, 0.1) is 5.52 Å². The topological polar surface area (TPSA) is 24.9 Å². The second kappa shape index (κ2) is 4.93. The van der Waals surface area contributed by atoms with Crippen molar-refractivity contribution >= 4 is 10.9 Å². The van der Waals surface area contributed by atoms with Gasteiger partial charge in [-0.1, -0.05) is 32.0 Å². The highest BCUT2D eigenvalue weighted by atomic mass is 14.9. The van der Waals surface area contributed by atoms with Crippen molar-refractivity contribution in [2.24, 2.45) is 0 Å². The van der Waals surface area contributed by atoms with Crippen LogP contribution < -0.4 is 5.32 Å². The number of nitrogens with one attached hydrogen (secondary N) is 1. The maximum Gasteiger partial charge on any atom is 0.0742 e. The molecule has 1 heterocycles. The van der Waals surface area contributed by atoms with Crippen molar-refractivity contribution < 1.29 is 0 Å². The fourth-order valence-corrected chi connectivity index (χ4v) is 2.64. The molecule has 2 heteroatoms. The number of aromatic nitrogens is 1. The Hall–Kier alpha value is -1.41. The molecule has 1 aromatic carbocycles. The predicted octanol–water partition coefficient (Wildman–Crippen LogP) is 3.92. The molecule has 0 spiro atoms. The van der Waals surface area contributed by atoms with Crippen LogP contribution in [0.2, 0.25) is 0 Å². The third-order valence-corrected chi connectivity index (χ3v) is 3.87. The largest absolute Gasteiger partial charge is 0.310 e. The van der Waals surface area contributed by atoms with E-state index in [0.717, 1.165) is 18.3 Å². The van der Waals surface area contributed by atoms with Crippen LogP contribution in [0.3, 0.4) is 0 Å². The minimum atomic E-state index is 0.516. The van der Waals surface area contributed by atoms with E-state index in [1.807, 2.05) is 0 Å². The summed E-state index contributed by atoms with van der Waals surface area (Å²) in [6.07, 6.45) is 2.67. The first-order valence-electron chi connectivity index (χ1n) is 7.27. The monoisotopic (exact) mass is 254 g/mol. The second-order valence-electron chi connectivity index (χ2n) is 5.98. The summed E-state index contributed by atoms with van der Waals surface area (Å²) in [7, 11) is 0. The standard InChI is InChI=1S/C17H22N2/c1-11(2)15-5-4-6-16-13(10-18-14-7-8-14)9-12(3)19-17(15)16/h4-6,9,11,14,18H,7-8,10H2,1-3H3. The summed E-state index contributed by atoms with van der Waals surface area (Å²) in [5.74, 6) is 0.516. The molecule has 1 N–H and O–H groups in total. The molecular formula is C17H22N2. The zero-order valence-corrected chi connectivity index (χ0v) is 12.0. The average Bonchev–Trinajstić information content (AvgIpc) is 3.18. The number of rotatable bonds is 4. The Bertz CT molecular complexity index is 597. The summed E-state index contributed by atoms with van der Waals surface area (Å²) in [6.45, 7) is 7.53. The molecule has 19 heavy (non-hydrogen) atoms. The van der Waals surface area contributed by atoms with Crippen LogP contribution >= 0.6 is 0 Å². The van der Waals surface area contributed by atoms with E-state index in [-0.39, 0.29) is 0 Å². The van der Waals surface area contributed by atoms with Gasteiger partial charge >= 0.3 is 0 Å². The first-order chi connectivity index (χ1) is 9.15. The van der Waals surface area contributed by atoms with Crippen molar-refractivity contribution in [3.8, 4) is 0 Å². The Morgan fingerprint density at radius 2 is 2.11 bits per heavy atom. The van der Waals surface area contributed by atoms with Gasteiger partial charge in [-0.25, -0.2) is 0 Å². The molecule has 1 aliphatic carbocycles. The summed E-state index contributed by atoms with van der Waals surface area (Å²) in [4.78, 5) is 4.77. The molecule has 2 aromatic rings. The SMILES string of the molecule is Cc1cc(CNC2CC2)c2cccc(C(C)C)c2n1. The molecule has 2 nitrogen and oxygen atoms in total. The predicted molar refractivity (Wildman–Crippen MR) is 80.4 cm³/mol. The number of para-hydroxylation sites is 1. The van der Waals surface area contributed by atoms with E-state index < -0.39 is 0 Å². The molecule has 0 unspecified atom stereocenters. The number of hydrogen-bond donors (Lipinski definition) is 1. The van der Waals surface area contributed by atoms with Gasteiger partial charge in [0, 0.05) is 23.7 Å². The Labute approximate surface area is 115 Å². The van der Waals surface area contributed by atoms with Crippen molar-refractivity contribution in [2.45, 2.75) is 52.1 Å². The van der Waals surface area contributed by atoms with Gasteiger partial charge in [0.25, 0.3) is 0 Å². The highest BCUT2D eigenvalue weighted by Crippen LogP contribution is 2.27. The molecule has 1 aromatic heterocycles. The molecule has 100 valence electrons. The van der Waals surface area contributed by atoms with Gasteiger partial charge in [0.2, 0.25) is 0 Å². The number of hydrogen-bond acceptors (Lipinski definition) is 2. The van der Waals surface area contributed by atoms with E-state index in [9.17, 15) is 0 Å². The maximum absolute atomic E-state index is 4.77. The molecule has 0 bridgehead atoms. The van der Waals surface area contributed by atoms with Gasteiger partial charge in [0.1, 0.15) is 0 Å². The van der Waals surface area contributed by atoms with Gasteiger partial charge in [-0.15, -0.1) is 0 Å². The second-order valence-corrected chi connectivity index (χ2v) is 5.98. The Morgan fingerprint density at radius 1 is 1.32 bits per heavy atom. The Kier molecular flexibility index (Phi) is 3.28. The molecule has 0 radical (unpaired) electrons.